The van der Waals surface area contributed by atoms with Crippen LogP contribution in [-0.4, -0.2) is 45.2 Å². The van der Waals surface area contributed by atoms with E-state index in [0.717, 1.165) is 25.0 Å². The lowest BCUT2D eigenvalue weighted by molar-refractivity contribution is 0.0834. The van der Waals surface area contributed by atoms with E-state index in [2.05, 4.69) is 15.2 Å². The lowest BCUT2D eigenvalue weighted by atomic mass is 9.99. The van der Waals surface area contributed by atoms with Gasteiger partial charge in [-0.25, -0.2) is 8.78 Å². The SMILES string of the molecule is Cc1cc2[nH]c(=O)c3nnc(C4CCOCC4)n3c2cc1C(=O)N1CCc2cc(F)c(F)cc21. The number of benzene rings is 2. The number of fused-ring (bicyclic) bond motifs is 4. The fourth-order valence-electron chi connectivity index (χ4n) is 5.03. The summed E-state index contributed by atoms with van der Waals surface area (Å²) in [7, 11) is 0. The van der Waals surface area contributed by atoms with Crippen LogP contribution in [0.15, 0.2) is 29.1 Å². The second kappa shape index (κ2) is 7.69. The summed E-state index contributed by atoms with van der Waals surface area (Å²) in [6.45, 7) is 3.32. The van der Waals surface area contributed by atoms with E-state index >= 15 is 0 Å². The molecule has 0 bridgehead atoms. The van der Waals surface area contributed by atoms with Gasteiger partial charge in [0, 0.05) is 37.3 Å². The van der Waals surface area contributed by atoms with Crippen LogP contribution in [0.4, 0.5) is 14.5 Å². The summed E-state index contributed by atoms with van der Waals surface area (Å²) in [6.07, 6.45) is 1.97. The van der Waals surface area contributed by atoms with Crippen LogP contribution < -0.4 is 10.5 Å². The zero-order valence-corrected chi connectivity index (χ0v) is 18.4. The molecule has 0 aliphatic carbocycles. The number of aromatic nitrogens is 4. The van der Waals surface area contributed by atoms with E-state index in [1.807, 2.05) is 0 Å². The van der Waals surface area contributed by atoms with Crippen molar-refractivity contribution in [2.24, 2.45) is 0 Å². The minimum atomic E-state index is -0.987. The Kier molecular flexibility index (Phi) is 4.73. The van der Waals surface area contributed by atoms with Gasteiger partial charge >= 0.3 is 0 Å². The van der Waals surface area contributed by atoms with Gasteiger partial charge < -0.3 is 14.6 Å². The fourth-order valence-corrected chi connectivity index (χ4v) is 5.03. The lowest BCUT2D eigenvalue weighted by Crippen LogP contribution is -2.29. The first-order valence-electron chi connectivity index (χ1n) is 11.2. The van der Waals surface area contributed by atoms with Crippen molar-refractivity contribution in [1.29, 1.82) is 0 Å². The Morgan fingerprint density at radius 3 is 2.68 bits per heavy atom. The molecule has 1 saturated heterocycles. The summed E-state index contributed by atoms with van der Waals surface area (Å²) in [6, 6.07) is 5.70. The molecule has 0 radical (unpaired) electrons. The van der Waals surface area contributed by atoms with Crippen molar-refractivity contribution < 1.29 is 18.3 Å². The molecule has 0 saturated carbocycles. The summed E-state index contributed by atoms with van der Waals surface area (Å²) in [5.41, 5.74) is 3.02. The summed E-state index contributed by atoms with van der Waals surface area (Å²) in [5, 5.41) is 8.44. The number of aromatic amines is 1. The molecule has 34 heavy (non-hydrogen) atoms. The van der Waals surface area contributed by atoms with E-state index in [9.17, 15) is 18.4 Å². The number of anilines is 1. The number of carbonyl (C=O) groups is 1. The Morgan fingerprint density at radius 2 is 1.88 bits per heavy atom. The van der Waals surface area contributed by atoms with Crippen molar-refractivity contribution in [2.75, 3.05) is 24.7 Å². The third-order valence-electron chi connectivity index (χ3n) is 6.80. The van der Waals surface area contributed by atoms with Crippen molar-refractivity contribution in [1.82, 2.24) is 19.6 Å². The van der Waals surface area contributed by atoms with Gasteiger partial charge in [-0.3, -0.25) is 14.0 Å². The number of hydrogen-bond donors (Lipinski definition) is 1. The normalized spacial score (nSPS) is 16.5. The number of halogens is 2. The molecule has 4 aromatic rings. The topological polar surface area (TPSA) is 92.6 Å². The monoisotopic (exact) mass is 465 g/mol. The first-order chi connectivity index (χ1) is 16.4. The summed E-state index contributed by atoms with van der Waals surface area (Å²) >= 11 is 0. The summed E-state index contributed by atoms with van der Waals surface area (Å²) in [5.74, 6) is -1.48. The quantitative estimate of drug-likeness (QED) is 0.491. The third kappa shape index (κ3) is 3.12. The number of rotatable bonds is 2. The molecule has 8 nitrogen and oxygen atoms in total. The Hall–Kier alpha value is -3.66. The van der Waals surface area contributed by atoms with E-state index < -0.39 is 11.6 Å². The minimum Gasteiger partial charge on any atom is -0.381 e. The van der Waals surface area contributed by atoms with Crippen LogP contribution in [0.2, 0.25) is 0 Å². The fraction of sp³-hybridized carbons (Fsp3) is 0.333. The van der Waals surface area contributed by atoms with Crippen LogP contribution in [-0.2, 0) is 11.2 Å². The zero-order valence-electron chi connectivity index (χ0n) is 18.4. The van der Waals surface area contributed by atoms with E-state index in [-0.39, 0.29) is 23.0 Å². The highest BCUT2D eigenvalue weighted by atomic mass is 19.2. The molecule has 0 unspecified atom stereocenters. The molecule has 0 spiro atoms. The van der Waals surface area contributed by atoms with Crippen molar-refractivity contribution in [3.05, 3.63) is 68.8 Å². The Balaban J connectivity index is 1.51. The molecule has 1 N–H and O–H groups in total. The molecular formula is C24H21F2N5O3. The second-order valence-electron chi connectivity index (χ2n) is 8.84. The third-order valence-corrected chi connectivity index (χ3v) is 6.80. The maximum Gasteiger partial charge on any atom is 0.294 e. The molecule has 174 valence electrons. The standard InChI is InChI=1S/C24H21F2N5O3/c1-12-8-18-20(31-21(13-3-6-34-7-4-13)28-29-22(31)23(32)27-18)10-15(12)24(33)30-5-2-14-9-16(25)17(26)11-19(14)30/h8-11,13H,2-7H2,1H3,(H,27,32). The van der Waals surface area contributed by atoms with Gasteiger partial charge in [0.1, 0.15) is 5.82 Å². The van der Waals surface area contributed by atoms with Crippen LogP contribution in [0.25, 0.3) is 16.7 Å². The van der Waals surface area contributed by atoms with Crippen LogP contribution in [0, 0.1) is 18.6 Å². The van der Waals surface area contributed by atoms with E-state index in [0.29, 0.717) is 65.4 Å². The van der Waals surface area contributed by atoms with Crippen LogP contribution >= 0.6 is 0 Å². The molecule has 2 aromatic carbocycles. The van der Waals surface area contributed by atoms with Gasteiger partial charge in [0.15, 0.2) is 11.6 Å². The Labute approximate surface area is 192 Å². The maximum atomic E-state index is 13.9. The van der Waals surface area contributed by atoms with E-state index in [1.165, 1.54) is 4.90 Å². The van der Waals surface area contributed by atoms with E-state index in [4.69, 9.17) is 4.74 Å². The van der Waals surface area contributed by atoms with E-state index in [1.54, 1.807) is 23.5 Å². The van der Waals surface area contributed by atoms with Gasteiger partial charge in [-0.05, 0) is 55.5 Å². The second-order valence-corrected chi connectivity index (χ2v) is 8.84. The molecule has 2 aliphatic heterocycles. The van der Waals surface area contributed by atoms with Gasteiger partial charge in [-0.1, -0.05) is 0 Å². The number of nitrogens with one attached hydrogen (secondary N) is 1. The highest BCUT2D eigenvalue weighted by molar-refractivity contribution is 6.09. The summed E-state index contributed by atoms with van der Waals surface area (Å²) < 4.78 is 34.8. The number of ether oxygens (including phenoxy) is 1. The predicted octanol–water partition coefficient (Wildman–Crippen LogP) is 3.25. The molecule has 10 heteroatoms. The van der Waals surface area contributed by atoms with Crippen LogP contribution in [0.3, 0.4) is 0 Å². The lowest BCUT2D eigenvalue weighted by Gasteiger charge is -2.21. The Morgan fingerprint density at radius 1 is 1.12 bits per heavy atom. The van der Waals surface area contributed by atoms with Crippen LogP contribution in [0.1, 0.15) is 46.1 Å². The highest BCUT2D eigenvalue weighted by Gasteiger charge is 2.29. The molecule has 2 aromatic heterocycles. The smallest absolute Gasteiger partial charge is 0.294 e. The molecule has 1 fully saturated rings. The minimum absolute atomic E-state index is 0.0811. The predicted molar refractivity (Wildman–Crippen MR) is 120 cm³/mol. The zero-order chi connectivity index (χ0) is 23.6. The number of aryl methyl sites for hydroxylation is 1. The molecule has 2 aliphatic rings. The molecule has 0 atom stereocenters. The maximum absolute atomic E-state index is 13.9. The van der Waals surface area contributed by atoms with Crippen molar-refractivity contribution in [3.8, 4) is 0 Å². The first kappa shape index (κ1) is 20.9. The van der Waals surface area contributed by atoms with Crippen molar-refractivity contribution in [2.45, 2.75) is 32.1 Å². The number of carbonyl (C=O) groups excluding carboxylic acids is 1. The average molecular weight is 465 g/mol. The number of hydrogen-bond acceptors (Lipinski definition) is 5. The van der Waals surface area contributed by atoms with Gasteiger partial charge in [0.25, 0.3) is 11.5 Å². The highest BCUT2D eigenvalue weighted by Crippen LogP contribution is 2.33. The largest absolute Gasteiger partial charge is 0.381 e. The summed E-state index contributed by atoms with van der Waals surface area (Å²) in [4.78, 5) is 30.6. The Bertz CT molecular complexity index is 1540. The van der Waals surface area contributed by atoms with Crippen molar-refractivity contribution >= 4 is 28.3 Å². The number of H-pyrrole nitrogens is 1. The van der Waals surface area contributed by atoms with Crippen molar-refractivity contribution in [3.63, 3.8) is 0 Å². The average Bonchev–Trinajstić information content (AvgIpc) is 3.44. The molecule has 1 amide bonds. The van der Waals surface area contributed by atoms with Gasteiger partial charge in [0.2, 0.25) is 5.65 Å². The van der Waals surface area contributed by atoms with Crippen LogP contribution in [0.5, 0.6) is 0 Å². The number of nitrogens with zero attached hydrogens (tertiary/aromatic N) is 4. The van der Waals surface area contributed by atoms with Gasteiger partial charge in [-0.2, -0.15) is 0 Å². The van der Waals surface area contributed by atoms with Gasteiger partial charge in [-0.15, -0.1) is 10.2 Å². The molecule has 4 heterocycles. The first-order valence-corrected chi connectivity index (χ1v) is 11.2. The molecule has 6 rings (SSSR count). The molecular weight excluding hydrogens is 444 g/mol. The van der Waals surface area contributed by atoms with Gasteiger partial charge in [0.05, 0.1) is 16.7 Å². The number of amides is 1.